The molecule has 4 rings (SSSR count). The molecular formula is C21H20FN5O. The number of benzene rings is 1. The fourth-order valence-corrected chi connectivity index (χ4v) is 3.32. The number of nitrogens with one attached hydrogen (secondary N) is 1. The minimum absolute atomic E-state index is 0.273. The van der Waals surface area contributed by atoms with Gasteiger partial charge in [0.2, 0.25) is 0 Å². The van der Waals surface area contributed by atoms with Gasteiger partial charge in [0.05, 0.1) is 7.11 Å². The van der Waals surface area contributed by atoms with Crippen LogP contribution in [0.2, 0.25) is 0 Å². The van der Waals surface area contributed by atoms with Crippen molar-refractivity contribution in [3.8, 4) is 16.9 Å². The molecule has 0 radical (unpaired) electrons. The molecule has 0 aliphatic carbocycles. The van der Waals surface area contributed by atoms with Gasteiger partial charge in [-0.1, -0.05) is 13.0 Å². The van der Waals surface area contributed by atoms with Crippen LogP contribution in [0.4, 0.5) is 10.2 Å². The number of halogens is 1. The molecule has 0 saturated carbocycles. The van der Waals surface area contributed by atoms with Crippen molar-refractivity contribution in [2.24, 2.45) is 0 Å². The molecule has 4 aromatic rings. The number of ether oxygens (including phenoxy) is 1. The largest absolute Gasteiger partial charge is 0.496 e. The summed E-state index contributed by atoms with van der Waals surface area (Å²) >= 11 is 0. The van der Waals surface area contributed by atoms with Crippen molar-refractivity contribution < 1.29 is 9.13 Å². The minimum atomic E-state index is -0.314. The lowest BCUT2D eigenvalue weighted by molar-refractivity contribution is 0.405. The Labute approximate surface area is 162 Å². The van der Waals surface area contributed by atoms with Gasteiger partial charge in [-0.2, -0.15) is 0 Å². The molecule has 142 valence electrons. The number of pyridine rings is 2. The van der Waals surface area contributed by atoms with Crippen LogP contribution in [0.15, 0.2) is 55.1 Å². The van der Waals surface area contributed by atoms with Gasteiger partial charge < -0.3 is 10.1 Å². The normalized spacial score (nSPS) is 11.0. The minimum Gasteiger partial charge on any atom is -0.496 e. The van der Waals surface area contributed by atoms with Crippen molar-refractivity contribution in [3.05, 3.63) is 72.1 Å². The number of rotatable bonds is 6. The summed E-state index contributed by atoms with van der Waals surface area (Å²) in [6.07, 6.45) is 6.17. The summed E-state index contributed by atoms with van der Waals surface area (Å²) in [6, 6.07) is 10.7. The summed E-state index contributed by atoms with van der Waals surface area (Å²) in [5.41, 5.74) is 4.36. The number of aromatic nitrogens is 4. The number of hydrogen-bond donors (Lipinski definition) is 1. The van der Waals surface area contributed by atoms with Gasteiger partial charge in [0.15, 0.2) is 5.65 Å². The summed E-state index contributed by atoms with van der Waals surface area (Å²) in [6.45, 7) is 2.38. The molecule has 0 aliphatic heterocycles. The van der Waals surface area contributed by atoms with E-state index in [1.807, 2.05) is 28.8 Å². The van der Waals surface area contributed by atoms with Crippen LogP contribution in [0.5, 0.6) is 5.75 Å². The van der Waals surface area contributed by atoms with Gasteiger partial charge >= 0.3 is 0 Å². The van der Waals surface area contributed by atoms with E-state index in [0.717, 1.165) is 23.4 Å². The predicted octanol–water partition coefficient (Wildman–Crippen LogP) is 4.11. The van der Waals surface area contributed by atoms with Crippen LogP contribution in [0, 0.1) is 5.82 Å². The average molecular weight is 377 g/mol. The molecule has 0 bridgehead atoms. The molecule has 0 atom stereocenters. The Morgan fingerprint density at radius 3 is 2.86 bits per heavy atom. The van der Waals surface area contributed by atoms with Crippen LogP contribution in [0.25, 0.3) is 16.8 Å². The van der Waals surface area contributed by atoms with Crippen LogP contribution in [0.1, 0.15) is 18.1 Å². The summed E-state index contributed by atoms with van der Waals surface area (Å²) < 4.78 is 21.3. The second-order valence-corrected chi connectivity index (χ2v) is 6.32. The van der Waals surface area contributed by atoms with Crippen LogP contribution in [-0.2, 0) is 13.0 Å². The molecule has 0 unspecified atom stereocenters. The number of aryl methyl sites for hydroxylation is 1. The number of anilines is 1. The van der Waals surface area contributed by atoms with Crippen molar-refractivity contribution in [1.29, 1.82) is 0 Å². The topological polar surface area (TPSA) is 64.3 Å². The van der Waals surface area contributed by atoms with E-state index in [2.05, 4.69) is 27.4 Å². The van der Waals surface area contributed by atoms with Gasteiger partial charge in [-0.05, 0) is 42.3 Å². The third-order valence-corrected chi connectivity index (χ3v) is 4.78. The zero-order valence-corrected chi connectivity index (χ0v) is 15.7. The molecule has 0 saturated heterocycles. The molecule has 3 heterocycles. The third kappa shape index (κ3) is 3.15. The summed E-state index contributed by atoms with van der Waals surface area (Å²) in [5.74, 6) is 0.953. The molecular weight excluding hydrogens is 357 g/mol. The van der Waals surface area contributed by atoms with Crippen LogP contribution < -0.4 is 10.1 Å². The third-order valence-electron chi connectivity index (χ3n) is 4.78. The maximum Gasteiger partial charge on any atom is 0.170 e. The lowest BCUT2D eigenvalue weighted by Gasteiger charge is -2.14. The van der Waals surface area contributed by atoms with Gasteiger partial charge in [0, 0.05) is 35.6 Å². The highest BCUT2D eigenvalue weighted by Crippen LogP contribution is 2.29. The first-order valence-electron chi connectivity index (χ1n) is 9.04. The van der Waals surface area contributed by atoms with Gasteiger partial charge in [0.25, 0.3) is 0 Å². The van der Waals surface area contributed by atoms with Gasteiger partial charge in [-0.3, -0.25) is 9.38 Å². The molecule has 3 aromatic heterocycles. The van der Waals surface area contributed by atoms with E-state index in [9.17, 15) is 4.39 Å². The lowest BCUT2D eigenvalue weighted by atomic mass is 10.0. The molecule has 0 fully saturated rings. The SMILES string of the molecule is CCc1ccncc1-c1ccc(NCc2c(F)cccc2OC)n2cnnc12. The van der Waals surface area contributed by atoms with E-state index in [1.165, 1.54) is 18.7 Å². The fraction of sp³-hybridized carbons (Fsp3) is 0.190. The molecule has 0 amide bonds. The van der Waals surface area contributed by atoms with Crippen LogP contribution in [-0.4, -0.2) is 26.7 Å². The Morgan fingerprint density at radius 2 is 2.04 bits per heavy atom. The van der Waals surface area contributed by atoms with Crippen LogP contribution in [0.3, 0.4) is 0 Å². The zero-order chi connectivity index (χ0) is 19.5. The van der Waals surface area contributed by atoms with Gasteiger partial charge in [0.1, 0.15) is 23.7 Å². The summed E-state index contributed by atoms with van der Waals surface area (Å²) in [5, 5.41) is 11.6. The molecule has 1 N–H and O–H groups in total. The number of hydrogen-bond acceptors (Lipinski definition) is 5. The lowest BCUT2D eigenvalue weighted by Crippen LogP contribution is -2.07. The van der Waals surface area contributed by atoms with Gasteiger partial charge in [-0.15, -0.1) is 10.2 Å². The Kier molecular flexibility index (Phi) is 4.89. The molecule has 0 spiro atoms. The zero-order valence-electron chi connectivity index (χ0n) is 15.7. The number of methoxy groups -OCH3 is 1. The highest BCUT2D eigenvalue weighted by atomic mass is 19.1. The first-order chi connectivity index (χ1) is 13.7. The van der Waals surface area contributed by atoms with Gasteiger partial charge in [-0.25, -0.2) is 4.39 Å². The maximum absolute atomic E-state index is 14.2. The number of fused-ring (bicyclic) bond motifs is 1. The average Bonchev–Trinajstić information content (AvgIpc) is 3.22. The molecule has 28 heavy (non-hydrogen) atoms. The first kappa shape index (κ1) is 17.9. The summed E-state index contributed by atoms with van der Waals surface area (Å²) in [7, 11) is 1.53. The fourth-order valence-electron chi connectivity index (χ4n) is 3.32. The Bertz CT molecular complexity index is 1120. The van der Waals surface area contributed by atoms with Crippen molar-refractivity contribution in [2.45, 2.75) is 19.9 Å². The second kappa shape index (κ2) is 7.64. The van der Waals surface area contributed by atoms with E-state index in [4.69, 9.17) is 4.74 Å². The monoisotopic (exact) mass is 377 g/mol. The Balaban J connectivity index is 1.71. The van der Waals surface area contributed by atoms with E-state index < -0.39 is 0 Å². The van der Waals surface area contributed by atoms with Crippen molar-refractivity contribution in [1.82, 2.24) is 19.6 Å². The van der Waals surface area contributed by atoms with Crippen molar-refractivity contribution in [2.75, 3.05) is 12.4 Å². The highest BCUT2D eigenvalue weighted by Gasteiger charge is 2.14. The first-order valence-corrected chi connectivity index (χ1v) is 9.04. The molecule has 6 nitrogen and oxygen atoms in total. The Morgan fingerprint density at radius 1 is 1.14 bits per heavy atom. The quantitative estimate of drug-likeness (QED) is 0.548. The summed E-state index contributed by atoms with van der Waals surface area (Å²) in [4.78, 5) is 4.26. The smallest absolute Gasteiger partial charge is 0.170 e. The van der Waals surface area contributed by atoms with E-state index >= 15 is 0 Å². The molecule has 1 aromatic carbocycles. The van der Waals surface area contributed by atoms with Crippen molar-refractivity contribution >= 4 is 11.5 Å². The number of nitrogens with zero attached hydrogens (tertiary/aromatic N) is 4. The standard InChI is InChI=1S/C21H20FN5O/c1-3-14-9-10-23-11-16(14)15-7-8-20(27-13-25-26-21(15)27)24-12-17-18(22)5-4-6-19(17)28-2/h4-11,13,24H,3,12H2,1-2H3. The Hall–Kier alpha value is -3.48. The van der Waals surface area contributed by atoms with Crippen LogP contribution >= 0.6 is 0 Å². The molecule has 7 heteroatoms. The van der Waals surface area contributed by atoms with E-state index in [1.54, 1.807) is 24.7 Å². The molecule has 0 aliphatic rings. The van der Waals surface area contributed by atoms with E-state index in [-0.39, 0.29) is 12.4 Å². The highest BCUT2D eigenvalue weighted by molar-refractivity contribution is 5.80. The second-order valence-electron chi connectivity index (χ2n) is 6.32. The van der Waals surface area contributed by atoms with E-state index in [0.29, 0.717) is 17.0 Å². The van der Waals surface area contributed by atoms with Crippen molar-refractivity contribution in [3.63, 3.8) is 0 Å². The predicted molar refractivity (Wildman–Crippen MR) is 106 cm³/mol. The maximum atomic E-state index is 14.2.